The van der Waals surface area contributed by atoms with Crippen molar-refractivity contribution in [2.45, 2.75) is 27.2 Å². The van der Waals surface area contributed by atoms with E-state index in [-0.39, 0.29) is 5.56 Å². The third kappa shape index (κ3) is 2.87. The van der Waals surface area contributed by atoms with Gasteiger partial charge in [-0.15, -0.1) is 11.3 Å². The standard InChI is InChI=1S/C12H14BrN3OS/c1-6(2)4-8-9(13)11(17)16-10(15-8)12-14-7(3)5-18-12/h5-6H,4H2,1-3H3,(H,15,16,17). The van der Waals surface area contributed by atoms with Gasteiger partial charge < -0.3 is 4.98 Å². The van der Waals surface area contributed by atoms with E-state index in [1.165, 1.54) is 11.3 Å². The van der Waals surface area contributed by atoms with Gasteiger partial charge in [0, 0.05) is 11.1 Å². The second kappa shape index (κ2) is 5.32. The molecule has 0 spiro atoms. The number of halogens is 1. The number of nitrogens with zero attached hydrogens (tertiary/aromatic N) is 2. The fourth-order valence-corrected chi connectivity index (χ4v) is 2.68. The van der Waals surface area contributed by atoms with Crippen LogP contribution in [0.15, 0.2) is 14.6 Å². The molecule has 2 aromatic rings. The second-order valence-corrected chi connectivity index (χ2v) is 6.22. The number of aromatic nitrogens is 3. The smallest absolute Gasteiger partial charge is 0.265 e. The first kappa shape index (κ1) is 13.4. The van der Waals surface area contributed by atoms with Crippen LogP contribution in [0.3, 0.4) is 0 Å². The lowest BCUT2D eigenvalue weighted by Gasteiger charge is -2.07. The predicted octanol–water partition coefficient (Wildman–Crippen LogP) is 3.16. The first-order valence-electron chi connectivity index (χ1n) is 5.68. The zero-order valence-corrected chi connectivity index (χ0v) is 12.9. The van der Waals surface area contributed by atoms with Gasteiger partial charge in [-0.05, 0) is 35.2 Å². The van der Waals surface area contributed by atoms with Crippen LogP contribution in [-0.2, 0) is 6.42 Å². The minimum Gasteiger partial charge on any atom is -0.304 e. The number of hydrogen-bond donors (Lipinski definition) is 1. The summed E-state index contributed by atoms with van der Waals surface area (Å²) >= 11 is 4.78. The number of hydrogen-bond acceptors (Lipinski definition) is 4. The molecule has 0 fully saturated rings. The Labute approximate surface area is 118 Å². The van der Waals surface area contributed by atoms with E-state index in [1.54, 1.807) is 0 Å². The molecule has 0 atom stereocenters. The lowest BCUT2D eigenvalue weighted by atomic mass is 10.1. The van der Waals surface area contributed by atoms with Gasteiger partial charge in [0.05, 0.1) is 5.69 Å². The van der Waals surface area contributed by atoms with Gasteiger partial charge >= 0.3 is 0 Å². The Hall–Kier alpha value is -1.01. The summed E-state index contributed by atoms with van der Waals surface area (Å²) in [6, 6.07) is 0. The SMILES string of the molecule is Cc1csc(-c2nc(CC(C)C)c(Br)c(=O)[nH]2)n1. The molecular formula is C12H14BrN3OS. The maximum Gasteiger partial charge on any atom is 0.265 e. The molecular weight excluding hydrogens is 314 g/mol. The van der Waals surface area contributed by atoms with Crippen LogP contribution < -0.4 is 5.56 Å². The Balaban J connectivity index is 2.50. The molecule has 2 rings (SSSR count). The summed E-state index contributed by atoms with van der Waals surface area (Å²) in [7, 11) is 0. The first-order chi connectivity index (χ1) is 8.47. The Morgan fingerprint density at radius 1 is 1.44 bits per heavy atom. The van der Waals surface area contributed by atoms with Crippen LogP contribution in [-0.4, -0.2) is 15.0 Å². The molecule has 0 aliphatic heterocycles. The predicted molar refractivity (Wildman–Crippen MR) is 76.9 cm³/mol. The fourth-order valence-electron chi connectivity index (χ4n) is 1.59. The zero-order chi connectivity index (χ0) is 13.3. The van der Waals surface area contributed by atoms with E-state index in [0.717, 1.165) is 22.8 Å². The van der Waals surface area contributed by atoms with Crippen molar-refractivity contribution in [1.82, 2.24) is 15.0 Å². The van der Waals surface area contributed by atoms with Crippen molar-refractivity contribution >= 4 is 27.3 Å². The molecule has 0 unspecified atom stereocenters. The third-order valence-electron chi connectivity index (χ3n) is 2.35. The van der Waals surface area contributed by atoms with E-state index < -0.39 is 0 Å². The average Bonchev–Trinajstić information content (AvgIpc) is 2.70. The number of H-pyrrole nitrogens is 1. The van der Waals surface area contributed by atoms with Crippen LogP contribution >= 0.6 is 27.3 Å². The van der Waals surface area contributed by atoms with Gasteiger partial charge in [-0.1, -0.05) is 13.8 Å². The summed E-state index contributed by atoms with van der Waals surface area (Å²) in [5.74, 6) is 0.999. The molecule has 2 aromatic heterocycles. The number of aromatic amines is 1. The number of thiazole rings is 1. The molecule has 96 valence electrons. The molecule has 6 heteroatoms. The molecule has 1 N–H and O–H groups in total. The van der Waals surface area contributed by atoms with Gasteiger partial charge in [0.25, 0.3) is 5.56 Å². The van der Waals surface area contributed by atoms with E-state index in [9.17, 15) is 4.79 Å². The van der Waals surface area contributed by atoms with E-state index in [2.05, 4.69) is 44.7 Å². The molecule has 0 aliphatic carbocycles. The maximum atomic E-state index is 11.9. The molecule has 0 radical (unpaired) electrons. The van der Waals surface area contributed by atoms with Crippen molar-refractivity contribution in [3.05, 3.63) is 31.6 Å². The van der Waals surface area contributed by atoms with Crippen LogP contribution in [0.25, 0.3) is 10.8 Å². The molecule has 0 bridgehead atoms. The van der Waals surface area contributed by atoms with Gasteiger partial charge in [0.1, 0.15) is 4.47 Å². The molecule has 0 aromatic carbocycles. The Morgan fingerprint density at radius 2 is 2.17 bits per heavy atom. The summed E-state index contributed by atoms with van der Waals surface area (Å²) in [4.78, 5) is 23.5. The fraction of sp³-hybridized carbons (Fsp3) is 0.417. The normalized spacial score (nSPS) is 11.2. The van der Waals surface area contributed by atoms with Crippen LogP contribution in [0.4, 0.5) is 0 Å². The van der Waals surface area contributed by atoms with Gasteiger partial charge in [0.15, 0.2) is 10.8 Å². The van der Waals surface area contributed by atoms with Crippen molar-refractivity contribution in [1.29, 1.82) is 0 Å². The Kier molecular flexibility index (Phi) is 3.97. The van der Waals surface area contributed by atoms with E-state index in [1.807, 2.05) is 12.3 Å². The van der Waals surface area contributed by atoms with E-state index in [4.69, 9.17) is 0 Å². The van der Waals surface area contributed by atoms with Gasteiger partial charge in [0.2, 0.25) is 0 Å². The summed E-state index contributed by atoms with van der Waals surface area (Å²) in [6.07, 6.45) is 0.766. The first-order valence-corrected chi connectivity index (χ1v) is 7.36. The Morgan fingerprint density at radius 3 is 2.72 bits per heavy atom. The number of rotatable bonds is 3. The van der Waals surface area contributed by atoms with Gasteiger partial charge in [-0.25, -0.2) is 9.97 Å². The highest BCUT2D eigenvalue weighted by atomic mass is 79.9. The number of nitrogens with one attached hydrogen (secondary N) is 1. The molecule has 4 nitrogen and oxygen atoms in total. The van der Waals surface area contributed by atoms with Crippen LogP contribution in [0, 0.1) is 12.8 Å². The Bertz CT molecular complexity index is 618. The highest BCUT2D eigenvalue weighted by molar-refractivity contribution is 9.10. The zero-order valence-electron chi connectivity index (χ0n) is 10.5. The second-order valence-electron chi connectivity index (χ2n) is 4.57. The molecule has 0 aliphatic rings. The number of aryl methyl sites for hydroxylation is 1. The van der Waals surface area contributed by atoms with Crippen molar-refractivity contribution in [2.24, 2.45) is 5.92 Å². The van der Waals surface area contributed by atoms with Crippen LogP contribution in [0.2, 0.25) is 0 Å². The minimum absolute atomic E-state index is 0.150. The lowest BCUT2D eigenvalue weighted by Crippen LogP contribution is -2.14. The summed E-state index contributed by atoms with van der Waals surface area (Å²) in [5.41, 5.74) is 1.58. The van der Waals surface area contributed by atoms with E-state index in [0.29, 0.717) is 16.2 Å². The van der Waals surface area contributed by atoms with Gasteiger partial charge in [-0.2, -0.15) is 0 Å². The van der Waals surface area contributed by atoms with Gasteiger partial charge in [-0.3, -0.25) is 4.79 Å². The van der Waals surface area contributed by atoms with Crippen LogP contribution in [0.5, 0.6) is 0 Å². The monoisotopic (exact) mass is 327 g/mol. The van der Waals surface area contributed by atoms with Crippen molar-refractivity contribution in [3.8, 4) is 10.8 Å². The molecule has 0 saturated heterocycles. The molecule has 18 heavy (non-hydrogen) atoms. The van der Waals surface area contributed by atoms with Crippen molar-refractivity contribution < 1.29 is 0 Å². The maximum absolute atomic E-state index is 11.9. The lowest BCUT2D eigenvalue weighted by molar-refractivity contribution is 0.631. The summed E-state index contributed by atoms with van der Waals surface area (Å²) in [6.45, 7) is 6.12. The molecule has 2 heterocycles. The minimum atomic E-state index is -0.150. The molecule has 0 amide bonds. The third-order valence-corrected chi connectivity index (χ3v) is 4.14. The quantitative estimate of drug-likeness (QED) is 0.941. The topological polar surface area (TPSA) is 58.6 Å². The van der Waals surface area contributed by atoms with Crippen molar-refractivity contribution in [3.63, 3.8) is 0 Å². The largest absolute Gasteiger partial charge is 0.304 e. The van der Waals surface area contributed by atoms with Crippen molar-refractivity contribution in [2.75, 3.05) is 0 Å². The summed E-state index contributed by atoms with van der Waals surface area (Å²) in [5, 5.41) is 2.70. The highest BCUT2D eigenvalue weighted by Crippen LogP contribution is 2.22. The highest BCUT2D eigenvalue weighted by Gasteiger charge is 2.13. The van der Waals surface area contributed by atoms with Crippen LogP contribution in [0.1, 0.15) is 25.2 Å². The average molecular weight is 328 g/mol. The van der Waals surface area contributed by atoms with E-state index >= 15 is 0 Å². The molecule has 0 saturated carbocycles. The summed E-state index contributed by atoms with van der Waals surface area (Å²) < 4.78 is 0.522.